The minimum Gasteiger partial charge on any atom is -0.508 e. The number of nitrogens with zero attached hydrogens (tertiary/aromatic N) is 2. The summed E-state index contributed by atoms with van der Waals surface area (Å²) in [7, 11) is 0. The van der Waals surface area contributed by atoms with E-state index in [1.165, 1.54) is 31.4 Å². The molecule has 188 valence electrons. The Morgan fingerprint density at radius 1 is 0.833 bits per heavy atom. The first-order chi connectivity index (χ1) is 17.4. The van der Waals surface area contributed by atoms with Crippen molar-refractivity contribution in [3.63, 3.8) is 0 Å². The van der Waals surface area contributed by atoms with Crippen molar-refractivity contribution in [3.8, 4) is 22.8 Å². The lowest BCUT2D eigenvalue weighted by molar-refractivity contribution is -0.137. The summed E-state index contributed by atoms with van der Waals surface area (Å²) in [6.45, 7) is 4.40. The van der Waals surface area contributed by atoms with Crippen molar-refractivity contribution in [3.05, 3.63) is 83.9 Å². The van der Waals surface area contributed by atoms with E-state index >= 15 is 0 Å². The van der Waals surface area contributed by atoms with Crippen LogP contribution in [0.3, 0.4) is 0 Å². The van der Waals surface area contributed by atoms with Crippen LogP contribution in [-0.4, -0.2) is 40.8 Å². The third-order valence-electron chi connectivity index (χ3n) is 6.78. The van der Waals surface area contributed by atoms with E-state index < -0.39 is 11.7 Å². The van der Waals surface area contributed by atoms with Gasteiger partial charge in [-0.15, -0.1) is 0 Å². The average molecular weight is 495 g/mol. The third kappa shape index (κ3) is 5.51. The summed E-state index contributed by atoms with van der Waals surface area (Å²) in [5.41, 5.74) is 2.71. The summed E-state index contributed by atoms with van der Waals surface area (Å²) in [5, 5.41) is 10.8. The van der Waals surface area contributed by atoms with Crippen LogP contribution < -0.4 is 4.74 Å². The second kappa shape index (κ2) is 10.3. The lowest BCUT2D eigenvalue weighted by Crippen LogP contribution is -2.33. The number of aromatic hydroxyl groups is 1. The van der Waals surface area contributed by atoms with Gasteiger partial charge in [0, 0.05) is 29.7 Å². The molecule has 0 radical (unpaired) electrons. The molecule has 7 heteroatoms. The quantitative estimate of drug-likeness (QED) is 0.302. The topological polar surface area (TPSA) is 37.6 Å². The number of aromatic nitrogens is 1. The van der Waals surface area contributed by atoms with Gasteiger partial charge in [0.1, 0.15) is 18.1 Å². The van der Waals surface area contributed by atoms with Crippen molar-refractivity contribution in [1.29, 1.82) is 0 Å². The van der Waals surface area contributed by atoms with Crippen LogP contribution >= 0.6 is 0 Å². The maximum absolute atomic E-state index is 13.1. The van der Waals surface area contributed by atoms with E-state index in [1.54, 1.807) is 12.1 Å². The molecule has 0 atom stereocenters. The molecule has 2 heterocycles. The van der Waals surface area contributed by atoms with Gasteiger partial charge in [0.15, 0.2) is 0 Å². The minimum atomic E-state index is -4.38. The lowest BCUT2D eigenvalue weighted by Gasteiger charge is -2.26. The molecule has 1 aromatic heterocycles. The molecule has 1 N–H and O–H groups in total. The molecule has 4 nitrogen and oxygen atoms in total. The first kappa shape index (κ1) is 24.3. The van der Waals surface area contributed by atoms with Crippen molar-refractivity contribution in [2.45, 2.75) is 32.0 Å². The minimum absolute atomic E-state index is 0.143. The van der Waals surface area contributed by atoms with Gasteiger partial charge in [0.05, 0.1) is 5.56 Å². The Kier molecular flexibility index (Phi) is 6.92. The molecule has 0 saturated carbocycles. The van der Waals surface area contributed by atoms with Crippen molar-refractivity contribution in [1.82, 2.24) is 9.47 Å². The molecule has 0 aliphatic carbocycles. The monoisotopic (exact) mass is 494 g/mol. The Balaban J connectivity index is 1.35. The van der Waals surface area contributed by atoms with Gasteiger partial charge in [0.2, 0.25) is 0 Å². The number of likely N-dealkylation sites (tertiary alicyclic amines) is 1. The van der Waals surface area contributed by atoms with Gasteiger partial charge in [-0.3, -0.25) is 4.90 Å². The molecule has 0 unspecified atom stereocenters. The molecule has 5 rings (SSSR count). The van der Waals surface area contributed by atoms with Crippen LogP contribution in [0.1, 0.15) is 30.4 Å². The maximum atomic E-state index is 13.1. The largest absolute Gasteiger partial charge is 0.508 e. The fourth-order valence-corrected chi connectivity index (χ4v) is 4.85. The molecule has 4 aromatic rings. The first-order valence-corrected chi connectivity index (χ1v) is 12.3. The van der Waals surface area contributed by atoms with E-state index in [0.29, 0.717) is 18.7 Å². The predicted molar refractivity (Wildman–Crippen MR) is 135 cm³/mol. The standard InChI is InChI=1S/C29H29F3N2O2/c30-29(31,32)24-8-6-22(7-9-24)28-19-23-18-25(35)10-13-27(23)34(28)20-21-4-11-26(12-5-21)36-17-16-33-14-2-1-3-15-33/h4-13,18-19,35H,1-3,14-17,20H2. The van der Waals surface area contributed by atoms with E-state index in [-0.39, 0.29) is 5.75 Å². The third-order valence-corrected chi connectivity index (χ3v) is 6.78. The van der Waals surface area contributed by atoms with Crippen LogP contribution in [-0.2, 0) is 12.7 Å². The number of phenols is 1. The molecular weight excluding hydrogens is 465 g/mol. The number of rotatable bonds is 7. The number of piperidine rings is 1. The zero-order chi connectivity index (χ0) is 25.1. The lowest BCUT2D eigenvalue weighted by atomic mass is 10.1. The second-order valence-corrected chi connectivity index (χ2v) is 9.33. The number of ether oxygens (including phenoxy) is 1. The molecular formula is C29H29F3N2O2. The van der Waals surface area contributed by atoms with E-state index in [0.717, 1.165) is 59.7 Å². The number of fused-ring (bicyclic) bond motifs is 1. The molecule has 1 saturated heterocycles. The summed E-state index contributed by atoms with van der Waals surface area (Å²) in [4.78, 5) is 2.44. The number of alkyl halides is 3. The van der Waals surface area contributed by atoms with Crippen LogP contribution in [0.4, 0.5) is 13.2 Å². The second-order valence-electron chi connectivity index (χ2n) is 9.33. The zero-order valence-corrected chi connectivity index (χ0v) is 20.0. The van der Waals surface area contributed by atoms with Gasteiger partial charge < -0.3 is 14.4 Å². The molecule has 0 spiro atoms. The van der Waals surface area contributed by atoms with Gasteiger partial charge >= 0.3 is 6.18 Å². The summed E-state index contributed by atoms with van der Waals surface area (Å²) in [5.74, 6) is 0.964. The highest BCUT2D eigenvalue weighted by Gasteiger charge is 2.30. The van der Waals surface area contributed by atoms with Crippen LogP contribution in [0.25, 0.3) is 22.2 Å². The predicted octanol–water partition coefficient (Wildman–Crippen LogP) is 6.95. The van der Waals surface area contributed by atoms with E-state index in [2.05, 4.69) is 9.47 Å². The summed E-state index contributed by atoms with van der Waals surface area (Å²) < 4.78 is 47.2. The SMILES string of the molecule is Oc1ccc2c(c1)cc(-c1ccc(C(F)(F)F)cc1)n2Cc1ccc(OCCN2CCCCC2)cc1. The summed E-state index contributed by atoms with van der Waals surface area (Å²) in [6, 6.07) is 20.1. The van der Waals surface area contributed by atoms with E-state index in [1.807, 2.05) is 36.4 Å². The molecule has 1 aliphatic heterocycles. The summed E-state index contributed by atoms with van der Waals surface area (Å²) >= 11 is 0. The molecule has 0 amide bonds. The van der Waals surface area contributed by atoms with Gasteiger partial charge in [-0.2, -0.15) is 13.2 Å². The number of halogens is 3. The van der Waals surface area contributed by atoms with Crippen molar-refractivity contribution in [2.75, 3.05) is 26.2 Å². The van der Waals surface area contributed by atoms with Crippen LogP contribution in [0.5, 0.6) is 11.5 Å². The fourth-order valence-electron chi connectivity index (χ4n) is 4.85. The van der Waals surface area contributed by atoms with Gasteiger partial charge in [0.25, 0.3) is 0 Å². The number of hydrogen-bond donors (Lipinski definition) is 1. The number of benzene rings is 3. The first-order valence-electron chi connectivity index (χ1n) is 12.3. The molecule has 1 aliphatic rings. The number of hydrogen-bond acceptors (Lipinski definition) is 3. The zero-order valence-electron chi connectivity index (χ0n) is 20.0. The van der Waals surface area contributed by atoms with Crippen LogP contribution in [0.15, 0.2) is 72.8 Å². The molecule has 0 bridgehead atoms. The van der Waals surface area contributed by atoms with Crippen LogP contribution in [0.2, 0.25) is 0 Å². The van der Waals surface area contributed by atoms with E-state index in [4.69, 9.17) is 4.74 Å². The Labute approximate surface area is 208 Å². The highest BCUT2D eigenvalue weighted by Crippen LogP contribution is 2.34. The van der Waals surface area contributed by atoms with Gasteiger partial charge in [-0.05, 0) is 85.6 Å². The highest BCUT2D eigenvalue weighted by molar-refractivity contribution is 5.88. The van der Waals surface area contributed by atoms with Crippen molar-refractivity contribution < 1.29 is 23.0 Å². The van der Waals surface area contributed by atoms with E-state index in [9.17, 15) is 18.3 Å². The highest BCUT2D eigenvalue weighted by atomic mass is 19.4. The Morgan fingerprint density at radius 2 is 1.56 bits per heavy atom. The Morgan fingerprint density at radius 3 is 2.25 bits per heavy atom. The fraction of sp³-hybridized carbons (Fsp3) is 0.310. The number of phenolic OH excluding ortho intramolecular Hbond substituents is 1. The molecule has 1 fully saturated rings. The Hall–Kier alpha value is -3.45. The van der Waals surface area contributed by atoms with Gasteiger partial charge in [-0.1, -0.05) is 30.7 Å². The van der Waals surface area contributed by atoms with Gasteiger partial charge in [-0.25, -0.2) is 0 Å². The normalized spacial score (nSPS) is 14.9. The van der Waals surface area contributed by atoms with Crippen LogP contribution in [0, 0.1) is 0 Å². The van der Waals surface area contributed by atoms with Crippen molar-refractivity contribution >= 4 is 10.9 Å². The maximum Gasteiger partial charge on any atom is 0.416 e. The smallest absolute Gasteiger partial charge is 0.416 e. The molecule has 3 aromatic carbocycles. The van der Waals surface area contributed by atoms with Crippen molar-refractivity contribution in [2.24, 2.45) is 0 Å². The Bertz CT molecular complexity index is 1310. The average Bonchev–Trinajstić information content (AvgIpc) is 3.22. The summed E-state index contributed by atoms with van der Waals surface area (Å²) in [6.07, 6.45) is -0.542. The molecule has 36 heavy (non-hydrogen) atoms.